The SMILES string of the molecule is CN1Cc2c(Cl)cc(Cl)cc2C(c2cccc(S(=O)(=O)NCCOCCOCCOCCNC(=O)CCOCCOCCOCCOCCOCCOCCOCCOCCOCCC=O)c2)C1. The van der Waals surface area contributed by atoms with E-state index in [0.717, 1.165) is 23.0 Å². The van der Waals surface area contributed by atoms with Gasteiger partial charge in [-0.25, -0.2) is 13.1 Å². The second-order valence-corrected chi connectivity index (χ2v) is 17.7. The highest BCUT2D eigenvalue weighted by atomic mass is 35.5. The number of fused-ring (bicyclic) bond motifs is 1. The molecule has 0 fully saturated rings. The zero-order chi connectivity index (χ0) is 48.8. The van der Waals surface area contributed by atoms with Crippen LogP contribution in [0.1, 0.15) is 35.4 Å². The molecule has 2 aromatic rings. The molecule has 0 aromatic heterocycles. The van der Waals surface area contributed by atoms with Gasteiger partial charge in [-0.2, -0.15) is 0 Å². The van der Waals surface area contributed by atoms with E-state index in [1.54, 1.807) is 24.3 Å². The van der Waals surface area contributed by atoms with Crippen LogP contribution in [0.25, 0.3) is 0 Å². The molecule has 1 atom stereocenters. The highest BCUT2D eigenvalue weighted by Gasteiger charge is 2.28. The first-order valence-corrected chi connectivity index (χ1v) is 25.3. The van der Waals surface area contributed by atoms with Gasteiger partial charge in [-0.3, -0.25) is 4.79 Å². The number of hydrogen-bond donors (Lipinski definition) is 2. The number of halogens is 2. The highest BCUT2D eigenvalue weighted by Crippen LogP contribution is 2.38. The summed E-state index contributed by atoms with van der Waals surface area (Å²) in [5.41, 5.74) is 2.87. The minimum atomic E-state index is -3.76. The number of aldehydes is 1. The number of ether oxygens (including phenoxy) is 12. The molecule has 2 N–H and O–H groups in total. The summed E-state index contributed by atoms with van der Waals surface area (Å²) >= 11 is 12.8. The summed E-state index contributed by atoms with van der Waals surface area (Å²) in [4.78, 5) is 24.5. The summed E-state index contributed by atoms with van der Waals surface area (Å²) < 4.78 is 94.2. The monoisotopic (exact) mass is 1030 g/mol. The van der Waals surface area contributed by atoms with E-state index in [0.29, 0.717) is 181 Å². The Labute approximate surface area is 412 Å². The summed E-state index contributed by atoms with van der Waals surface area (Å²) in [5.74, 6) is -0.210. The first-order chi connectivity index (χ1) is 33.2. The van der Waals surface area contributed by atoms with E-state index in [9.17, 15) is 18.0 Å². The van der Waals surface area contributed by atoms with Crippen LogP contribution in [0.5, 0.6) is 0 Å². The van der Waals surface area contributed by atoms with E-state index in [-0.39, 0.29) is 42.9 Å². The number of nitrogens with one attached hydrogen (secondary N) is 2. The standard InChI is InChI=1S/C46H73Cl2N3O16S/c1-51-37-43(42-35-40(47)36-45(48)44(42)38-51)39-4-2-5-41(34-39)68(54,55)50-8-13-59-17-21-62-20-16-58-12-7-49-46(53)6-11-57-15-19-61-23-25-64-27-29-66-31-33-67-32-30-65-28-26-63-24-22-60-18-14-56-10-3-9-52/h2,4-5,9,34-36,43,50H,3,6-8,10-33,37-38H2,1H3,(H,49,53). The van der Waals surface area contributed by atoms with Crippen LogP contribution < -0.4 is 10.0 Å². The summed E-state index contributed by atoms with van der Waals surface area (Å²) in [6, 6.07) is 10.6. The number of amides is 1. The van der Waals surface area contributed by atoms with Crippen LogP contribution in [0, 0.1) is 0 Å². The van der Waals surface area contributed by atoms with Crippen molar-refractivity contribution in [2.45, 2.75) is 30.2 Å². The Kier molecular flexibility index (Phi) is 34.5. The Balaban J connectivity index is 1.00. The lowest BCUT2D eigenvalue weighted by Crippen LogP contribution is -2.31. The van der Waals surface area contributed by atoms with Crippen molar-refractivity contribution in [2.75, 3.05) is 185 Å². The van der Waals surface area contributed by atoms with Crippen molar-refractivity contribution < 1.29 is 74.8 Å². The fraction of sp³-hybridized carbons (Fsp3) is 0.696. The van der Waals surface area contributed by atoms with Crippen LogP contribution in [0.4, 0.5) is 0 Å². The first kappa shape index (κ1) is 59.9. The molecule has 1 aliphatic rings. The van der Waals surface area contributed by atoms with E-state index < -0.39 is 10.0 Å². The number of benzene rings is 2. The van der Waals surface area contributed by atoms with Crippen LogP contribution in [0.3, 0.4) is 0 Å². The molecule has 0 bridgehead atoms. The van der Waals surface area contributed by atoms with Crippen LogP contribution in [0.2, 0.25) is 10.0 Å². The fourth-order valence-corrected chi connectivity index (χ4v) is 8.05. The van der Waals surface area contributed by atoms with E-state index >= 15 is 0 Å². The van der Waals surface area contributed by atoms with E-state index in [4.69, 9.17) is 80.0 Å². The van der Waals surface area contributed by atoms with Crippen LogP contribution >= 0.6 is 23.2 Å². The predicted molar refractivity (Wildman–Crippen MR) is 254 cm³/mol. The summed E-state index contributed by atoms with van der Waals surface area (Å²) in [6.07, 6.45) is 1.46. The molecule has 0 saturated heterocycles. The average Bonchev–Trinajstić information content (AvgIpc) is 3.32. The third kappa shape index (κ3) is 28.4. The lowest BCUT2D eigenvalue weighted by molar-refractivity contribution is -0.122. The van der Waals surface area contributed by atoms with Crippen LogP contribution in [0.15, 0.2) is 41.3 Å². The van der Waals surface area contributed by atoms with Crippen LogP contribution in [-0.4, -0.2) is 211 Å². The maximum absolute atomic E-state index is 13.1. The third-order valence-electron chi connectivity index (χ3n) is 9.74. The van der Waals surface area contributed by atoms with Gasteiger partial charge in [-0.1, -0.05) is 35.3 Å². The molecule has 1 amide bonds. The molecule has 0 aliphatic carbocycles. The highest BCUT2D eigenvalue weighted by molar-refractivity contribution is 7.89. The Morgan fingerprint density at radius 3 is 1.54 bits per heavy atom. The minimum absolute atomic E-state index is 0.0790. The van der Waals surface area contributed by atoms with E-state index in [2.05, 4.69) is 14.9 Å². The predicted octanol–water partition coefficient (Wildman–Crippen LogP) is 3.14. The Morgan fingerprint density at radius 1 is 0.618 bits per heavy atom. The molecule has 0 saturated carbocycles. The average molecular weight is 1030 g/mol. The van der Waals surface area contributed by atoms with Gasteiger partial charge in [-0.15, -0.1) is 0 Å². The molecule has 0 spiro atoms. The molecule has 388 valence electrons. The quantitative estimate of drug-likeness (QED) is 0.0722. The number of sulfonamides is 1. The molecule has 1 heterocycles. The van der Waals surface area contributed by atoms with Gasteiger partial charge >= 0.3 is 0 Å². The molecule has 19 nitrogen and oxygen atoms in total. The lowest BCUT2D eigenvalue weighted by Gasteiger charge is -2.33. The first-order valence-electron chi connectivity index (χ1n) is 23.1. The second-order valence-electron chi connectivity index (χ2n) is 15.1. The molecular formula is C46H73Cl2N3O16S. The van der Waals surface area contributed by atoms with Crippen molar-refractivity contribution in [3.63, 3.8) is 0 Å². The fourth-order valence-electron chi connectivity index (χ4n) is 6.41. The molecule has 2 aromatic carbocycles. The van der Waals surface area contributed by atoms with Gasteiger partial charge in [0.25, 0.3) is 0 Å². The molecule has 22 heteroatoms. The van der Waals surface area contributed by atoms with Gasteiger partial charge in [0.15, 0.2) is 0 Å². The van der Waals surface area contributed by atoms with Crippen LogP contribution in [-0.2, 0) is 83.0 Å². The molecule has 68 heavy (non-hydrogen) atoms. The van der Waals surface area contributed by atoms with Crippen molar-refractivity contribution >= 4 is 45.4 Å². The second kappa shape index (κ2) is 39.2. The molecule has 0 radical (unpaired) electrons. The van der Waals surface area contributed by atoms with Crippen molar-refractivity contribution in [3.8, 4) is 0 Å². The number of likely N-dealkylation sites (N-methyl/N-ethyl adjacent to an activating group) is 1. The largest absolute Gasteiger partial charge is 0.379 e. The van der Waals surface area contributed by atoms with E-state index in [1.807, 2.05) is 19.2 Å². The lowest BCUT2D eigenvalue weighted by atomic mass is 9.85. The van der Waals surface area contributed by atoms with Gasteiger partial charge in [-0.05, 0) is 48.0 Å². The smallest absolute Gasteiger partial charge is 0.240 e. The zero-order valence-electron chi connectivity index (χ0n) is 39.5. The van der Waals surface area contributed by atoms with Gasteiger partial charge in [0.2, 0.25) is 15.9 Å². The summed E-state index contributed by atoms with van der Waals surface area (Å²) in [5, 5.41) is 3.94. The maximum atomic E-state index is 13.1. The van der Waals surface area contributed by atoms with Crippen molar-refractivity contribution in [1.29, 1.82) is 0 Å². The van der Waals surface area contributed by atoms with Crippen molar-refractivity contribution in [1.82, 2.24) is 14.9 Å². The minimum Gasteiger partial charge on any atom is -0.379 e. The zero-order valence-corrected chi connectivity index (χ0v) is 41.8. The number of hydrogen-bond acceptors (Lipinski definition) is 17. The van der Waals surface area contributed by atoms with Crippen molar-refractivity contribution in [2.24, 2.45) is 0 Å². The topological polar surface area (TPSA) is 206 Å². The Morgan fingerprint density at radius 2 is 1.06 bits per heavy atom. The summed E-state index contributed by atoms with van der Waals surface area (Å²) in [6.45, 7) is 11.7. The van der Waals surface area contributed by atoms with Gasteiger partial charge in [0.1, 0.15) is 6.29 Å². The van der Waals surface area contributed by atoms with Gasteiger partial charge in [0.05, 0.1) is 163 Å². The number of carbonyl (C=O) groups excluding carboxylic acids is 2. The molecule has 1 aliphatic heterocycles. The van der Waals surface area contributed by atoms with Gasteiger partial charge in [0, 0.05) is 55.0 Å². The van der Waals surface area contributed by atoms with Gasteiger partial charge < -0.3 is 71.9 Å². The molecular weight excluding hydrogens is 953 g/mol. The Hall–Kier alpha value is -2.45. The number of carbonyl (C=O) groups is 2. The molecule has 3 rings (SSSR count). The third-order valence-corrected chi connectivity index (χ3v) is 11.8. The maximum Gasteiger partial charge on any atom is 0.240 e. The number of rotatable bonds is 45. The normalized spacial score (nSPS) is 14.1. The summed E-state index contributed by atoms with van der Waals surface area (Å²) in [7, 11) is -1.76. The number of nitrogens with zero attached hydrogens (tertiary/aromatic N) is 1. The molecule has 1 unspecified atom stereocenters. The van der Waals surface area contributed by atoms with Crippen molar-refractivity contribution in [3.05, 3.63) is 63.1 Å². The van der Waals surface area contributed by atoms with E-state index in [1.165, 1.54) is 0 Å². The Bertz CT molecular complexity index is 1740.